The fraction of sp³-hybridized carbons (Fsp3) is 0.429. The molecule has 0 spiro atoms. The Hall–Kier alpha value is -3.40. The second-order valence-electron chi connectivity index (χ2n) is 7.93. The van der Waals surface area contributed by atoms with Crippen LogP contribution in [0, 0.1) is 5.92 Å². The maximum Gasteiger partial charge on any atom is 0.326 e. The number of fused-ring (bicyclic) bond motifs is 1. The molecule has 0 aliphatic carbocycles. The molecule has 0 aliphatic rings. The summed E-state index contributed by atoms with van der Waals surface area (Å²) in [6.07, 6.45) is 1.59. The summed E-state index contributed by atoms with van der Waals surface area (Å²) >= 11 is 0. The summed E-state index contributed by atoms with van der Waals surface area (Å²) in [5.74, 6) is -3.35. The molecule has 0 saturated heterocycles. The monoisotopic (exact) mass is 431 g/mol. The highest BCUT2D eigenvalue weighted by atomic mass is 16.4. The van der Waals surface area contributed by atoms with Gasteiger partial charge in [-0.15, -0.1) is 0 Å². The molecule has 8 N–H and O–H groups in total. The normalized spacial score (nSPS) is 14.1. The molecule has 10 heteroatoms. The summed E-state index contributed by atoms with van der Waals surface area (Å²) in [6.45, 7) is 3.78. The summed E-state index contributed by atoms with van der Waals surface area (Å²) in [5, 5.41) is 15.2. The summed E-state index contributed by atoms with van der Waals surface area (Å²) in [4.78, 5) is 51.3. The van der Waals surface area contributed by atoms with E-state index in [9.17, 15) is 24.3 Å². The molecule has 3 amide bonds. The first-order valence-electron chi connectivity index (χ1n) is 10.0. The minimum Gasteiger partial charge on any atom is -0.480 e. The van der Waals surface area contributed by atoms with Crippen LogP contribution in [0.25, 0.3) is 10.9 Å². The average Bonchev–Trinajstić information content (AvgIpc) is 3.08. The number of carbonyl (C=O) groups excluding carboxylic acids is 3. The smallest absolute Gasteiger partial charge is 0.326 e. The molecule has 2 aromatic rings. The van der Waals surface area contributed by atoms with Gasteiger partial charge in [-0.05, 0) is 24.0 Å². The number of nitrogens with one attached hydrogen (secondary N) is 3. The van der Waals surface area contributed by atoms with Gasteiger partial charge < -0.3 is 32.2 Å². The van der Waals surface area contributed by atoms with Gasteiger partial charge in [0.05, 0.1) is 12.5 Å². The van der Waals surface area contributed by atoms with E-state index in [0.717, 1.165) is 10.9 Å². The van der Waals surface area contributed by atoms with Crippen LogP contribution in [-0.4, -0.2) is 51.9 Å². The number of H-pyrrole nitrogens is 1. The Morgan fingerprint density at radius 1 is 1.06 bits per heavy atom. The maximum absolute atomic E-state index is 12.7. The number of aliphatic carboxylic acids is 1. The van der Waals surface area contributed by atoms with Crippen LogP contribution in [-0.2, 0) is 25.6 Å². The van der Waals surface area contributed by atoms with Crippen LogP contribution in [0.2, 0.25) is 0 Å². The Morgan fingerprint density at radius 3 is 2.32 bits per heavy atom. The molecular formula is C21H29N5O5. The van der Waals surface area contributed by atoms with E-state index < -0.39 is 48.2 Å². The predicted molar refractivity (Wildman–Crippen MR) is 115 cm³/mol. The largest absolute Gasteiger partial charge is 0.480 e. The SMILES string of the molecule is CC(C)C[C@H](N)C(=O)N[C@@H](CC(N)=O)C(=O)N[C@@H](Cc1c[nH]c2ccccc12)C(=O)O. The third kappa shape index (κ3) is 6.82. The van der Waals surface area contributed by atoms with Gasteiger partial charge in [0.15, 0.2) is 0 Å². The van der Waals surface area contributed by atoms with Crippen molar-refractivity contribution < 1.29 is 24.3 Å². The molecule has 0 unspecified atom stereocenters. The quantitative estimate of drug-likeness (QED) is 0.291. The van der Waals surface area contributed by atoms with Crippen LogP contribution in [0.5, 0.6) is 0 Å². The molecule has 1 heterocycles. The molecule has 2 rings (SSSR count). The topological polar surface area (TPSA) is 180 Å². The summed E-state index contributed by atoms with van der Waals surface area (Å²) in [5.41, 5.74) is 12.6. The van der Waals surface area contributed by atoms with Gasteiger partial charge in [0.25, 0.3) is 0 Å². The molecule has 168 valence electrons. The van der Waals surface area contributed by atoms with E-state index in [-0.39, 0.29) is 12.3 Å². The van der Waals surface area contributed by atoms with E-state index in [4.69, 9.17) is 11.5 Å². The van der Waals surface area contributed by atoms with Crippen LogP contribution >= 0.6 is 0 Å². The van der Waals surface area contributed by atoms with Gasteiger partial charge in [-0.3, -0.25) is 14.4 Å². The van der Waals surface area contributed by atoms with Crippen LogP contribution in [0.15, 0.2) is 30.5 Å². The first-order chi connectivity index (χ1) is 14.6. The van der Waals surface area contributed by atoms with Crippen molar-refractivity contribution in [3.63, 3.8) is 0 Å². The molecule has 0 radical (unpaired) electrons. The number of carbonyl (C=O) groups is 4. The Kier molecular flexibility index (Phi) is 8.14. The zero-order valence-corrected chi connectivity index (χ0v) is 17.6. The number of aromatic amines is 1. The Bertz CT molecular complexity index is 955. The van der Waals surface area contributed by atoms with E-state index in [1.165, 1.54) is 0 Å². The zero-order valence-electron chi connectivity index (χ0n) is 17.6. The zero-order chi connectivity index (χ0) is 23.1. The molecule has 1 aromatic heterocycles. The van der Waals surface area contributed by atoms with Crippen molar-refractivity contribution in [2.45, 2.75) is 51.2 Å². The highest BCUT2D eigenvalue weighted by molar-refractivity contribution is 5.95. The number of carboxylic acid groups (broad SMARTS) is 1. The minimum absolute atomic E-state index is 0.00911. The van der Waals surface area contributed by atoms with Crippen LogP contribution in [0.4, 0.5) is 0 Å². The number of benzene rings is 1. The van der Waals surface area contributed by atoms with E-state index in [1.54, 1.807) is 6.20 Å². The van der Waals surface area contributed by atoms with Gasteiger partial charge in [-0.2, -0.15) is 0 Å². The lowest BCUT2D eigenvalue weighted by Crippen LogP contribution is -2.55. The lowest BCUT2D eigenvalue weighted by atomic mass is 10.0. The van der Waals surface area contributed by atoms with Gasteiger partial charge in [0.1, 0.15) is 12.1 Å². The van der Waals surface area contributed by atoms with Crippen molar-refractivity contribution in [2.24, 2.45) is 17.4 Å². The number of primary amides is 1. The summed E-state index contributed by atoms with van der Waals surface area (Å²) in [6, 6.07) is 3.90. The highest BCUT2D eigenvalue weighted by Gasteiger charge is 2.29. The number of nitrogens with two attached hydrogens (primary N) is 2. The Labute approximate surface area is 179 Å². The lowest BCUT2D eigenvalue weighted by molar-refractivity contribution is -0.142. The van der Waals surface area contributed by atoms with Crippen LogP contribution < -0.4 is 22.1 Å². The predicted octanol–water partition coefficient (Wildman–Crippen LogP) is 0.0134. The van der Waals surface area contributed by atoms with Gasteiger partial charge in [0.2, 0.25) is 17.7 Å². The molecule has 0 saturated carbocycles. The van der Waals surface area contributed by atoms with Gasteiger partial charge >= 0.3 is 5.97 Å². The fourth-order valence-electron chi connectivity index (χ4n) is 3.30. The number of aromatic nitrogens is 1. The van der Waals surface area contributed by atoms with E-state index >= 15 is 0 Å². The van der Waals surface area contributed by atoms with Gasteiger partial charge in [-0.1, -0.05) is 32.0 Å². The van der Waals surface area contributed by atoms with E-state index in [0.29, 0.717) is 12.0 Å². The highest BCUT2D eigenvalue weighted by Crippen LogP contribution is 2.19. The molecule has 0 bridgehead atoms. The molecule has 0 fully saturated rings. The van der Waals surface area contributed by atoms with Crippen molar-refractivity contribution >= 4 is 34.6 Å². The van der Waals surface area contributed by atoms with Crippen molar-refractivity contribution in [1.29, 1.82) is 0 Å². The third-order valence-electron chi connectivity index (χ3n) is 4.81. The van der Waals surface area contributed by atoms with Crippen LogP contribution in [0.3, 0.4) is 0 Å². The number of hydrogen-bond donors (Lipinski definition) is 6. The minimum atomic E-state index is -1.33. The summed E-state index contributed by atoms with van der Waals surface area (Å²) in [7, 11) is 0. The van der Waals surface area contributed by atoms with Crippen LogP contribution in [0.1, 0.15) is 32.3 Å². The van der Waals surface area contributed by atoms with Gasteiger partial charge in [-0.25, -0.2) is 4.79 Å². The van der Waals surface area contributed by atoms with Crippen molar-refractivity contribution in [2.75, 3.05) is 0 Å². The van der Waals surface area contributed by atoms with Crippen molar-refractivity contribution in [3.8, 4) is 0 Å². The molecule has 1 aromatic carbocycles. The number of para-hydroxylation sites is 1. The lowest BCUT2D eigenvalue weighted by Gasteiger charge is -2.22. The maximum atomic E-state index is 12.7. The second kappa shape index (κ2) is 10.6. The van der Waals surface area contributed by atoms with Crippen molar-refractivity contribution in [1.82, 2.24) is 15.6 Å². The number of rotatable bonds is 11. The van der Waals surface area contributed by atoms with E-state index in [2.05, 4.69) is 15.6 Å². The first kappa shape index (κ1) is 23.9. The number of amides is 3. The van der Waals surface area contributed by atoms with Gasteiger partial charge in [0, 0.05) is 23.5 Å². The van der Waals surface area contributed by atoms with Crippen molar-refractivity contribution in [3.05, 3.63) is 36.0 Å². The molecule has 31 heavy (non-hydrogen) atoms. The fourth-order valence-corrected chi connectivity index (χ4v) is 3.30. The third-order valence-corrected chi connectivity index (χ3v) is 4.81. The first-order valence-corrected chi connectivity index (χ1v) is 10.0. The Balaban J connectivity index is 2.13. The molecule has 3 atom stereocenters. The average molecular weight is 431 g/mol. The summed E-state index contributed by atoms with van der Waals surface area (Å²) < 4.78 is 0. The molecule has 10 nitrogen and oxygen atoms in total. The standard InChI is InChI=1S/C21H29N5O5/c1-11(2)7-14(22)19(28)25-16(9-18(23)27)20(29)26-17(21(30)31)8-12-10-24-15-6-4-3-5-13(12)15/h3-6,10-11,14,16-17,24H,7-9,22H2,1-2H3,(H2,23,27)(H,25,28)(H,26,29)(H,30,31)/t14-,16-,17-/m0/s1. The Morgan fingerprint density at radius 2 is 1.71 bits per heavy atom. The number of carboxylic acids is 1. The number of hydrogen-bond acceptors (Lipinski definition) is 5. The second-order valence-corrected chi connectivity index (χ2v) is 7.93. The molecular weight excluding hydrogens is 402 g/mol. The van der Waals surface area contributed by atoms with E-state index in [1.807, 2.05) is 38.1 Å². The molecule has 0 aliphatic heterocycles.